The van der Waals surface area contributed by atoms with Crippen molar-refractivity contribution >= 4 is 23.5 Å². The topological polar surface area (TPSA) is 0 Å². The van der Waals surface area contributed by atoms with Gasteiger partial charge >= 0.3 is 0 Å². The molecule has 0 spiro atoms. The summed E-state index contributed by atoms with van der Waals surface area (Å²) >= 11 is 4.32. The van der Waals surface area contributed by atoms with Crippen LogP contribution in [-0.4, -0.2) is 84.3 Å². The van der Waals surface area contributed by atoms with Crippen molar-refractivity contribution in [2.75, 3.05) is 75.4 Å². The molecule has 0 fully saturated rings. The number of thioether (sulfide) groups is 2. The van der Waals surface area contributed by atoms with Crippen molar-refractivity contribution in [2.24, 2.45) is 0 Å². The molecule has 134 valence electrons. The zero-order valence-electron chi connectivity index (χ0n) is 16.2. The highest BCUT2D eigenvalue weighted by atomic mass is 32.2. The molecule has 0 aliphatic carbocycles. The highest BCUT2D eigenvalue weighted by molar-refractivity contribution is 8.02. The minimum Gasteiger partial charge on any atom is -0.324 e. The third-order valence-corrected chi connectivity index (χ3v) is 8.00. The normalized spacial score (nSPS) is 12.8. The van der Waals surface area contributed by atoms with Gasteiger partial charge in [-0.25, -0.2) is 0 Å². The quantitative estimate of drug-likeness (QED) is 0.320. The van der Waals surface area contributed by atoms with Crippen LogP contribution in [0.2, 0.25) is 0 Å². The molecule has 0 aromatic heterocycles. The molecule has 0 heterocycles. The van der Waals surface area contributed by atoms with E-state index in [0.717, 1.165) is 0 Å². The molecule has 0 saturated carbocycles. The Balaban J connectivity index is 3.70. The minimum absolute atomic E-state index is 1.29. The molecule has 4 heteroatoms. The van der Waals surface area contributed by atoms with Crippen LogP contribution in [0.3, 0.4) is 0 Å². The number of nitrogens with zero attached hydrogens (tertiary/aromatic N) is 2. The summed E-state index contributed by atoms with van der Waals surface area (Å²) in [5, 5.41) is 0. The molecular formula is C18H42N2S2+2. The van der Waals surface area contributed by atoms with Crippen LogP contribution in [0.4, 0.5) is 0 Å². The first-order valence-electron chi connectivity index (χ1n) is 9.43. The highest BCUT2D eigenvalue weighted by Crippen LogP contribution is 2.13. The van der Waals surface area contributed by atoms with E-state index in [-0.39, 0.29) is 0 Å². The largest absolute Gasteiger partial charge is 0.324 e. The second-order valence-electron chi connectivity index (χ2n) is 6.25. The van der Waals surface area contributed by atoms with Crippen molar-refractivity contribution in [3.63, 3.8) is 0 Å². The summed E-state index contributed by atoms with van der Waals surface area (Å²) in [6.45, 7) is 24.4. The van der Waals surface area contributed by atoms with Gasteiger partial charge in [0.05, 0.1) is 52.4 Å². The minimum atomic E-state index is 1.29. The first kappa shape index (κ1) is 22.6. The molecule has 0 aromatic carbocycles. The molecule has 2 nitrogen and oxygen atoms in total. The maximum Gasteiger partial charge on any atom is 0.0878 e. The zero-order valence-corrected chi connectivity index (χ0v) is 17.8. The van der Waals surface area contributed by atoms with Crippen molar-refractivity contribution in [3.8, 4) is 0 Å². The van der Waals surface area contributed by atoms with Crippen molar-refractivity contribution < 1.29 is 8.97 Å². The lowest BCUT2D eigenvalue weighted by Crippen LogP contribution is -2.49. The van der Waals surface area contributed by atoms with Gasteiger partial charge in [-0.1, -0.05) is 0 Å². The maximum atomic E-state index is 2.34. The molecule has 0 aliphatic rings. The number of quaternary nitrogens is 2. The molecule has 0 aliphatic heterocycles. The Labute approximate surface area is 149 Å². The van der Waals surface area contributed by atoms with E-state index < -0.39 is 0 Å². The second kappa shape index (κ2) is 13.0. The summed E-state index contributed by atoms with van der Waals surface area (Å²) in [4.78, 5) is 0. The summed E-state index contributed by atoms with van der Waals surface area (Å²) in [6.07, 6.45) is 0. The van der Waals surface area contributed by atoms with Gasteiger partial charge in [0.15, 0.2) is 0 Å². The third-order valence-electron chi connectivity index (χ3n) is 5.82. The summed E-state index contributed by atoms with van der Waals surface area (Å²) in [5.74, 6) is 5.31. The van der Waals surface area contributed by atoms with Crippen LogP contribution >= 0.6 is 23.5 Å². The fourth-order valence-corrected chi connectivity index (χ4v) is 5.51. The summed E-state index contributed by atoms with van der Waals surface area (Å²) < 4.78 is 2.59. The van der Waals surface area contributed by atoms with E-state index in [1.54, 1.807) is 0 Å². The SMILES string of the molecule is CC[N+](CC)(CC)CCSCCSCC[N+](CC)(CC)CC. The zero-order chi connectivity index (χ0) is 16.9. The Hall–Kier alpha value is 0.620. The van der Waals surface area contributed by atoms with Crippen LogP contribution < -0.4 is 0 Å². The van der Waals surface area contributed by atoms with Crippen LogP contribution in [0.5, 0.6) is 0 Å². The van der Waals surface area contributed by atoms with Gasteiger partial charge in [-0.05, 0) is 41.5 Å². The van der Waals surface area contributed by atoms with Gasteiger partial charge in [0.1, 0.15) is 0 Å². The average Bonchev–Trinajstić information content (AvgIpc) is 2.58. The van der Waals surface area contributed by atoms with E-state index in [4.69, 9.17) is 0 Å². The van der Waals surface area contributed by atoms with Crippen molar-refractivity contribution in [1.29, 1.82) is 0 Å². The monoisotopic (exact) mass is 350 g/mol. The van der Waals surface area contributed by atoms with Crippen molar-refractivity contribution in [2.45, 2.75) is 41.5 Å². The van der Waals surface area contributed by atoms with E-state index in [1.165, 1.54) is 84.3 Å². The predicted octanol–water partition coefficient (Wildman–Crippen LogP) is 4.21. The molecule has 0 rings (SSSR count). The lowest BCUT2D eigenvalue weighted by Gasteiger charge is -2.36. The van der Waals surface area contributed by atoms with Gasteiger partial charge < -0.3 is 8.97 Å². The molecule has 0 radical (unpaired) electrons. The molecule has 0 unspecified atom stereocenters. The van der Waals surface area contributed by atoms with Crippen LogP contribution in [0.1, 0.15) is 41.5 Å². The van der Waals surface area contributed by atoms with Crippen LogP contribution in [0, 0.1) is 0 Å². The Bertz CT molecular complexity index is 209. The highest BCUT2D eigenvalue weighted by Gasteiger charge is 2.20. The molecule has 0 N–H and O–H groups in total. The van der Waals surface area contributed by atoms with E-state index >= 15 is 0 Å². The fourth-order valence-electron chi connectivity index (χ4n) is 3.13. The van der Waals surface area contributed by atoms with Crippen molar-refractivity contribution in [3.05, 3.63) is 0 Å². The summed E-state index contributed by atoms with van der Waals surface area (Å²) in [6, 6.07) is 0. The average molecular weight is 351 g/mol. The van der Waals surface area contributed by atoms with Gasteiger partial charge in [0, 0.05) is 23.0 Å². The lowest BCUT2D eigenvalue weighted by atomic mass is 10.3. The first-order chi connectivity index (χ1) is 10.6. The Morgan fingerprint density at radius 2 is 0.727 bits per heavy atom. The fraction of sp³-hybridized carbons (Fsp3) is 1.00. The predicted molar refractivity (Wildman–Crippen MR) is 108 cm³/mol. The Morgan fingerprint density at radius 3 is 0.955 bits per heavy atom. The van der Waals surface area contributed by atoms with Crippen LogP contribution in [-0.2, 0) is 0 Å². The van der Waals surface area contributed by atoms with Gasteiger partial charge in [-0.3, -0.25) is 0 Å². The molecule has 0 bridgehead atoms. The van der Waals surface area contributed by atoms with Gasteiger partial charge in [-0.15, -0.1) is 0 Å². The van der Waals surface area contributed by atoms with Crippen molar-refractivity contribution in [1.82, 2.24) is 0 Å². The summed E-state index contributed by atoms with van der Waals surface area (Å²) in [7, 11) is 0. The van der Waals surface area contributed by atoms with Gasteiger partial charge in [0.2, 0.25) is 0 Å². The smallest absolute Gasteiger partial charge is 0.0878 e. The molecule has 0 atom stereocenters. The van der Waals surface area contributed by atoms with Crippen LogP contribution in [0.15, 0.2) is 0 Å². The number of hydrogen-bond donors (Lipinski definition) is 0. The van der Waals surface area contributed by atoms with Gasteiger partial charge in [-0.2, -0.15) is 23.5 Å². The molecule has 0 aromatic rings. The Morgan fingerprint density at radius 1 is 0.455 bits per heavy atom. The van der Waals surface area contributed by atoms with E-state index in [0.29, 0.717) is 0 Å². The lowest BCUT2D eigenvalue weighted by molar-refractivity contribution is -0.920. The van der Waals surface area contributed by atoms with E-state index in [2.05, 4.69) is 65.1 Å². The molecule has 0 saturated heterocycles. The number of hydrogen-bond acceptors (Lipinski definition) is 2. The van der Waals surface area contributed by atoms with E-state index in [9.17, 15) is 0 Å². The second-order valence-corrected chi connectivity index (χ2v) is 8.70. The molecular weight excluding hydrogens is 308 g/mol. The first-order valence-corrected chi connectivity index (χ1v) is 11.7. The van der Waals surface area contributed by atoms with E-state index in [1.807, 2.05) is 0 Å². The molecule has 22 heavy (non-hydrogen) atoms. The third kappa shape index (κ3) is 7.94. The summed E-state index contributed by atoms with van der Waals surface area (Å²) in [5.41, 5.74) is 0. The molecule has 0 amide bonds. The van der Waals surface area contributed by atoms with Gasteiger partial charge in [0.25, 0.3) is 0 Å². The standard InChI is InChI=1S/C18H42N2S2/c1-7-19(8-2,9-3)13-15-21-17-18-22-16-14-20(10-4,11-5)12-6/h7-18H2,1-6H3/q+2. The van der Waals surface area contributed by atoms with Crippen LogP contribution in [0.25, 0.3) is 0 Å². The number of rotatable bonds is 15. The maximum absolute atomic E-state index is 2.34. The Kier molecular flexibility index (Phi) is 13.3.